The molecule has 0 amide bonds. The molecule has 0 atom stereocenters. The van der Waals surface area contributed by atoms with Gasteiger partial charge in [0.05, 0.1) is 16.7 Å². The zero-order chi connectivity index (χ0) is 42.8. The Kier molecular flexibility index (Phi) is 8.53. The van der Waals surface area contributed by atoms with Gasteiger partial charge in [-0.1, -0.05) is 164 Å². The summed E-state index contributed by atoms with van der Waals surface area (Å²) in [6, 6.07) is 87.7. The quantitative estimate of drug-likeness (QED) is 0.160. The number of anilines is 3. The lowest BCUT2D eigenvalue weighted by Crippen LogP contribution is -2.10. The van der Waals surface area contributed by atoms with Gasteiger partial charge in [-0.15, -0.1) is 0 Å². The average Bonchev–Trinajstić information content (AvgIpc) is 3.93. The van der Waals surface area contributed by atoms with Gasteiger partial charge in [0.2, 0.25) is 0 Å². The van der Waals surface area contributed by atoms with Gasteiger partial charge in [0.15, 0.2) is 0 Å². The van der Waals surface area contributed by atoms with E-state index < -0.39 is 0 Å². The van der Waals surface area contributed by atoms with Crippen molar-refractivity contribution in [3.05, 3.63) is 243 Å². The SMILES string of the molecule is c1cc(-c2ccc3ccccc3c2)cc(N(c2ccc(-c3ccc4c(c3)oc3c5ccccc5ccc43)cc2)c2ccc(-c3ccccc3-n3c4ccccc4c4ccccc43)cc2)c1. The molecule has 65 heavy (non-hydrogen) atoms. The lowest BCUT2D eigenvalue weighted by molar-refractivity contribution is 0.673. The average molecular weight is 829 g/mol. The van der Waals surface area contributed by atoms with Crippen LogP contribution in [0.2, 0.25) is 0 Å². The number of fused-ring (bicyclic) bond motifs is 9. The van der Waals surface area contributed by atoms with Crippen LogP contribution in [0.25, 0.3) is 104 Å². The Hall–Kier alpha value is -8.66. The van der Waals surface area contributed by atoms with E-state index in [1.807, 2.05) is 0 Å². The van der Waals surface area contributed by atoms with Crippen LogP contribution in [-0.4, -0.2) is 4.57 Å². The summed E-state index contributed by atoms with van der Waals surface area (Å²) in [7, 11) is 0. The highest BCUT2D eigenvalue weighted by atomic mass is 16.3. The number of benzene rings is 11. The van der Waals surface area contributed by atoms with Gasteiger partial charge in [0, 0.05) is 49.6 Å². The summed E-state index contributed by atoms with van der Waals surface area (Å²) in [4.78, 5) is 2.37. The minimum atomic E-state index is 0.893. The first-order chi connectivity index (χ1) is 32.2. The minimum absolute atomic E-state index is 0.893. The van der Waals surface area contributed by atoms with E-state index in [9.17, 15) is 0 Å². The molecule has 2 aromatic heterocycles. The molecule has 0 aliphatic heterocycles. The van der Waals surface area contributed by atoms with Gasteiger partial charge in [0.1, 0.15) is 11.2 Å². The summed E-state index contributed by atoms with van der Waals surface area (Å²) in [6.45, 7) is 0. The predicted molar refractivity (Wildman–Crippen MR) is 274 cm³/mol. The first-order valence-electron chi connectivity index (χ1n) is 22.2. The van der Waals surface area contributed by atoms with Crippen molar-refractivity contribution in [1.82, 2.24) is 4.57 Å². The van der Waals surface area contributed by atoms with E-state index in [2.05, 4.69) is 252 Å². The third-order valence-electron chi connectivity index (χ3n) is 13.2. The first kappa shape index (κ1) is 36.9. The van der Waals surface area contributed by atoms with Crippen molar-refractivity contribution >= 4 is 82.4 Å². The molecule has 3 heteroatoms. The number of aromatic nitrogens is 1. The van der Waals surface area contributed by atoms with E-state index in [0.29, 0.717) is 0 Å². The number of nitrogens with zero attached hydrogens (tertiary/aromatic N) is 2. The standard InChI is InChI=1S/C62H40N2O/c1-2-14-45-38-47(25-24-41(45)12-1)46-15-11-16-51(39-46)63(49-32-26-42(27-33-49)48-31-36-56-57-37-30-43-13-3-4-18-53(43)62(57)65-61(56)40-48)50-34-28-44(29-35-50)52-17-5-8-21-58(52)64-59-22-9-6-19-54(59)55-20-7-10-23-60(55)64/h1-40H. The maximum absolute atomic E-state index is 6.57. The second-order valence-corrected chi connectivity index (χ2v) is 16.9. The first-order valence-corrected chi connectivity index (χ1v) is 22.2. The molecule has 304 valence electrons. The van der Waals surface area contributed by atoms with Crippen molar-refractivity contribution in [2.45, 2.75) is 0 Å². The largest absolute Gasteiger partial charge is 0.455 e. The fraction of sp³-hybridized carbons (Fsp3) is 0. The lowest BCUT2D eigenvalue weighted by atomic mass is 9.99. The molecule has 0 fully saturated rings. The van der Waals surface area contributed by atoms with Crippen LogP contribution in [0, 0.1) is 0 Å². The van der Waals surface area contributed by atoms with Crippen molar-refractivity contribution in [3.63, 3.8) is 0 Å². The molecule has 0 N–H and O–H groups in total. The Balaban J connectivity index is 0.907. The lowest BCUT2D eigenvalue weighted by Gasteiger charge is -2.26. The van der Waals surface area contributed by atoms with Gasteiger partial charge >= 0.3 is 0 Å². The summed E-state index contributed by atoms with van der Waals surface area (Å²) in [6.07, 6.45) is 0. The number of hydrogen-bond donors (Lipinski definition) is 0. The van der Waals surface area contributed by atoms with Crippen LogP contribution in [0.4, 0.5) is 17.1 Å². The molecule has 0 unspecified atom stereocenters. The van der Waals surface area contributed by atoms with Crippen LogP contribution in [-0.2, 0) is 0 Å². The van der Waals surface area contributed by atoms with Gasteiger partial charge < -0.3 is 13.9 Å². The molecule has 0 saturated carbocycles. The highest BCUT2D eigenvalue weighted by Gasteiger charge is 2.18. The van der Waals surface area contributed by atoms with Crippen LogP contribution in [0.15, 0.2) is 247 Å². The number of furan rings is 1. The van der Waals surface area contributed by atoms with Crippen molar-refractivity contribution in [3.8, 4) is 39.1 Å². The molecular weight excluding hydrogens is 789 g/mol. The second-order valence-electron chi connectivity index (χ2n) is 16.9. The summed E-state index contributed by atoms with van der Waals surface area (Å²) < 4.78 is 8.99. The van der Waals surface area contributed by atoms with Crippen LogP contribution >= 0.6 is 0 Å². The minimum Gasteiger partial charge on any atom is -0.455 e. The number of hydrogen-bond acceptors (Lipinski definition) is 2. The molecule has 11 aromatic carbocycles. The van der Waals surface area contributed by atoms with Crippen LogP contribution in [0.3, 0.4) is 0 Å². The molecule has 2 heterocycles. The van der Waals surface area contributed by atoms with E-state index in [1.165, 1.54) is 54.7 Å². The third kappa shape index (κ3) is 6.20. The Labute approximate surface area is 376 Å². The van der Waals surface area contributed by atoms with Gasteiger partial charge in [0.25, 0.3) is 0 Å². The van der Waals surface area contributed by atoms with E-state index in [-0.39, 0.29) is 0 Å². The zero-order valence-electron chi connectivity index (χ0n) is 35.4. The molecule has 0 saturated heterocycles. The predicted octanol–water partition coefficient (Wildman–Crippen LogP) is 17.5. The van der Waals surface area contributed by atoms with Crippen molar-refractivity contribution < 1.29 is 4.42 Å². The highest BCUT2D eigenvalue weighted by Crippen LogP contribution is 2.42. The Morgan fingerprint density at radius 3 is 1.63 bits per heavy atom. The second kappa shape index (κ2) is 15.0. The van der Waals surface area contributed by atoms with E-state index >= 15 is 0 Å². The molecule has 0 radical (unpaired) electrons. The molecule has 13 aromatic rings. The summed E-state index contributed by atoms with van der Waals surface area (Å²) >= 11 is 0. The summed E-state index contributed by atoms with van der Waals surface area (Å²) in [5, 5.41) is 9.57. The number of rotatable bonds is 7. The summed E-state index contributed by atoms with van der Waals surface area (Å²) in [5.41, 5.74) is 15.5. The van der Waals surface area contributed by atoms with Gasteiger partial charge in [-0.05, 0) is 123 Å². The molecule has 0 aliphatic carbocycles. The van der Waals surface area contributed by atoms with E-state index in [4.69, 9.17) is 4.42 Å². The molecule has 3 nitrogen and oxygen atoms in total. The molecule has 0 aliphatic rings. The summed E-state index contributed by atoms with van der Waals surface area (Å²) in [5.74, 6) is 0. The van der Waals surface area contributed by atoms with Gasteiger partial charge in [-0.25, -0.2) is 0 Å². The molecular formula is C62H40N2O. The normalized spacial score (nSPS) is 11.7. The maximum atomic E-state index is 6.57. The highest BCUT2D eigenvalue weighted by molar-refractivity contribution is 6.15. The third-order valence-corrected chi connectivity index (χ3v) is 13.2. The van der Waals surface area contributed by atoms with Crippen LogP contribution in [0.1, 0.15) is 0 Å². The zero-order valence-corrected chi connectivity index (χ0v) is 35.4. The van der Waals surface area contributed by atoms with Gasteiger partial charge in [-0.3, -0.25) is 0 Å². The van der Waals surface area contributed by atoms with Crippen molar-refractivity contribution in [2.75, 3.05) is 4.90 Å². The topological polar surface area (TPSA) is 21.3 Å². The van der Waals surface area contributed by atoms with E-state index in [0.717, 1.165) is 66.8 Å². The fourth-order valence-electron chi connectivity index (χ4n) is 10.0. The van der Waals surface area contributed by atoms with Crippen LogP contribution < -0.4 is 4.90 Å². The number of para-hydroxylation sites is 3. The smallest absolute Gasteiger partial charge is 0.143 e. The Morgan fingerprint density at radius 1 is 0.308 bits per heavy atom. The monoisotopic (exact) mass is 828 g/mol. The van der Waals surface area contributed by atoms with Gasteiger partial charge in [-0.2, -0.15) is 0 Å². The maximum Gasteiger partial charge on any atom is 0.143 e. The van der Waals surface area contributed by atoms with E-state index in [1.54, 1.807) is 0 Å². The molecule has 13 rings (SSSR count). The van der Waals surface area contributed by atoms with Crippen molar-refractivity contribution in [1.29, 1.82) is 0 Å². The molecule has 0 spiro atoms. The van der Waals surface area contributed by atoms with Crippen molar-refractivity contribution in [2.24, 2.45) is 0 Å². The Bertz CT molecular complexity index is 3900. The van der Waals surface area contributed by atoms with Crippen LogP contribution in [0.5, 0.6) is 0 Å². The Morgan fingerprint density at radius 2 is 0.862 bits per heavy atom. The fourth-order valence-corrected chi connectivity index (χ4v) is 10.0. The molecule has 0 bridgehead atoms.